The van der Waals surface area contributed by atoms with Gasteiger partial charge in [0.05, 0.1) is 13.1 Å². The summed E-state index contributed by atoms with van der Waals surface area (Å²) in [5.74, 6) is 0.556. The lowest BCUT2D eigenvalue weighted by Gasteiger charge is -2.26. The molecule has 0 radical (unpaired) electrons. The van der Waals surface area contributed by atoms with Crippen molar-refractivity contribution in [1.29, 1.82) is 0 Å². The van der Waals surface area contributed by atoms with Crippen LogP contribution in [0, 0.1) is 0 Å². The van der Waals surface area contributed by atoms with Gasteiger partial charge in [0.25, 0.3) is 5.91 Å². The lowest BCUT2D eigenvalue weighted by molar-refractivity contribution is -0.123. The Kier molecular flexibility index (Phi) is 6.60. The fourth-order valence-corrected chi connectivity index (χ4v) is 2.43. The molecule has 0 spiro atoms. The molecule has 24 heavy (non-hydrogen) atoms. The molecule has 0 atom stereocenters. The third kappa shape index (κ3) is 4.97. The Morgan fingerprint density at radius 1 is 1.21 bits per heavy atom. The fraction of sp³-hybridized carbons (Fsp3) is 0.471. The van der Waals surface area contributed by atoms with E-state index in [9.17, 15) is 9.59 Å². The zero-order valence-corrected chi connectivity index (χ0v) is 14.3. The highest BCUT2D eigenvalue weighted by molar-refractivity contribution is 5.97. The Morgan fingerprint density at radius 2 is 1.88 bits per heavy atom. The first-order valence-electron chi connectivity index (χ1n) is 8.31. The second-order valence-electron chi connectivity index (χ2n) is 5.50. The summed E-state index contributed by atoms with van der Waals surface area (Å²) in [5.41, 5.74) is 1.62. The molecule has 7 nitrogen and oxygen atoms in total. The Balaban J connectivity index is 1.98. The van der Waals surface area contributed by atoms with Crippen molar-refractivity contribution in [3.8, 4) is 0 Å². The van der Waals surface area contributed by atoms with Gasteiger partial charge in [-0.2, -0.15) is 0 Å². The van der Waals surface area contributed by atoms with Gasteiger partial charge >= 0.3 is 0 Å². The summed E-state index contributed by atoms with van der Waals surface area (Å²) in [6, 6.07) is 7.38. The molecule has 0 aliphatic carbocycles. The Bertz CT molecular complexity index is 590. The molecule has 0 aromatic heterocycles. The van der Waals surface area contributed by atoms with Crippen LogP contribution in [0.1, 0.15) is 29.8 Å². The summed E-state index contributed by atoms with van der Waals surface area (Å²) in [6.45, 7) is 7.38. The van der Waals surface area contributed by atoms with E-state index < -0.39 is 0 Å². The second kappa shape index (κ2) is 8.90. The van der Waals surface area contributed by atoms with Gasteiger partial charge < -0.3 is 20.9 Å². The van der Waals surface area contributed by atoms with E-state index in [1.54, 1.807) is 17.0 Å². The third-order valence-corrected chi connectivity index (χ3v) is 3.63. The van der Waals surface area contributed by atoms with Crippen molar-refractivity contribution < 1.29 is 9.59 Å². The number of rotatable bonds is 5. The molecule has 1 saturated heterocycles. The van der Waals surface area contributed by atoms with Gasteiger partial charge in [-0.3, -0.25) is 9.59 Å². The van der Waals surface area contributed by atoms with Crippen LogP contribution in [0.15, 0.2) is 29.3 Å². The number of carbonyl (C=O) groups excluding carboxylic acids is 2. The average Bonchev–Trinajstić information content (AvgIpc) is 2.60. The monoisotopic (exact) mass is 331 g/mol. The number of hydrogen-bond donors (Lipinski definition) is 3. The predicted octanol–water partition coefficient (Wildman–Crippen LogP) is 0.334. The molecule has 130 valence electrons. The van der Waals surface area contributed by atoms with Crippen LogP contribution >= 0.6 is 0 Å². The van der Waals surface area contributed by atoms with E-state index >= 15 is 0 Å². The van der Waals surface area contributed by atoms with Crippen molar-refractivity contribution in [1.82, 2.24) is 20.9 Å². The number of amides is 2. The lowest BCUT2D eigenvalue weighted by Crippen LogP contribution is -2.49. The van der Waals surface area contributed by atoms with Crippen LogP contribution in [0.2, 0.25) is 0 Å². The highest BCUT2D eigenvalue weighted by Crippen LogP contribution is 2.09. The van der Waals surface area contributed by atoms with Crippen molar-refractivity contribution in [3.05, 3.63) is 35.4 Å². The maximum absolute atomic E-state index is 12.4. The van der Waals surface area contributed by atoms with Gasteiger partial charge in [0.1, 0.15) is 0 Å². The van der Waals surface area contributed by atoms with E-state index in [1.165, 1.54) is 0 Å². The second-order valence-corrected chi connectivity index (χ2v) is 5.50. The van der Waals surface area contributed by atoms with Crippen LogP contribution in [0.25, 0.3) is 0 Å². The van der Waals surface area contributed by atoms with Crippen molar-refractivity contribution in [2.75, 3.05) is 32.7 Å². The molecule has 1 aromatic rings. The molecule has 7 heteroatoms. The van der Waals surface area contributed by atoms with E-state index in [4.69, 9.17) is 0 Å². The van der Waals surface area contributed by atoms with E-state index in [1.807, 2.05) is 26.0 Å². The van der Waals surface area contributed by atoms with E-state index in [-0.39, 0.29) is 18.4 Å². The Hall–Kier alpha value is -2.57. The zero-order valence-electron chi connectivity index (χ0n) is 14.3. The SMILES string of the molecule is CCNC(=NCc1ccc(C(=O)N2CCNC(=O)C2)cc1)NCC. The normalized spacial score (nSPS) is 13.9. The summed E-state index contributed by atoms with van der Waals surface area (Å²) >= 11 is 0. The maximum Gasteiger partial charge on any atom is 0.254 e. The van der Waals surface area contributed by atoms with E-state index in [0.29, 0.717) is 25.2 Å². The quantitative estimate of drug-likeness (QED) is 0.536. The minimum absolute atomic E-state index is 0.110. The highest BCUT2D eigenvalue weighted by atomic mass is 16.2. The molecule has 0 bridgehead atoms. The van der Waals surface area contributed by atoms with E-state index in [2.05, 4.69) is 20.9 Å². The first-order chi connectivity index (χ1) is 11.6. The number of nitrogens with one attached hydrogen (secondary N) is 3. The minimum atomic E-state index is -0.111. The number of benzene rings is 1. The van der Waals surface area contributed by atoms with Crippen molar-refractivity contribution >= 4 is 17.8 Å². The molecule has 2 amide bonds. The Morgan fingerprint density at radius 3 is 2.46 bits per heavy atom. The summed E-state index contributed by atoms with van der Waals surface area (Å²) in [5, 5.41) is 9.06. The smallest absolute Gasteiger partial charge is 0.254 e. The van der Waals surface area contributed by atoms with Gasteiger partial charge in [-0.15, -0.1) is 0 Å². The van der Waals surface area contributed by atoms with Crippen LogP contribution in [-0.4, -0.2) is 55.4 Å². The van der Waals surface area contributed by atoms with Crippen LogP contribution in [0.4, 0.5) is 0 Å². The lowest BCUT2D eigenvalue weighted by atomic mass is 10.1. The maximum atomic E-state index is 12.4. The summed E-state index contributed by atoms with van der Waals surface area (Å²) in [7, 11) is 0. The summed E-state index contributed by atoms with van der Waals surface area (Å²) < 4.78 is 0. The molecule has 1 aliphatic rings. The van der Waals surface area contributed by atoms with Crippen molar-refractivity contribution in [2.24, 2.45) is 4.99 Å². The molecular formula is C17H25N5O2. The van der Waals surface area contributed by atoms with Gasteiger partial charge in [0, 0.05) is 31.7 Å². The van der Waals surface area contributed by atoms with Crippen LogP contribution in [0.5, 0.6) is 0 Å². The molecule has 1 heterocycles. The third-order valence-electron chi connectivity index (χ3n) is 3.63. The van der Waals surface area contributed by atoms with Crippen molar-refractivity contribution in [3.63, 3.8) is 0 Å². The zero-order chi connectivity index (χ0) is 17.4. The van der Waals surface area contributed by atoms with Crippen LogP contribution < -0.4 is 16.0 Å². The molecule has 1 fully saturated rings. The van der Waals surface area contributed by atoms with Gasteiger partial charge in [-0.05, 0) is 31.5 Å². The number of guanidine groups is 1. The van der Waals surface area contributed by atoms with Gasteiger partial charge in [0.15, 0.2) is 5.96 Å². The topological polar surface area (TPSA) is 85.8 Å². The fourth-order valence-electron chi connectivity index (χ4n) is 2.43. The Labute approximate surface area is 142 Å². The number of carbonyl (C=O) groups is 2. The van der Waals surface area contributed by atoms with Crippen LogP contribution in [-0.2, 0) is 11.3 Å². The number of aliphatic imine (C=N–C) groups is 1. The molecule has 2 rings (SSSR count). The average molecular weight is 331 g/mol. The van der Waals surface area contributed by atoms with Crippen molar-refractivity contribution in [2.45, 2.75) is 20.4 Å². The van der Waals surface area contributed by atoms with Gasteiger partial charge in [-0.25, -0.2) is 4.99 Å². The first-order valence-corrected chi connectivity index (χ1v) is 8.31. The molecular weight excluding hydrogens is 306 g/mol. The standard InChI is InChI=1S/C17H25N5O2/c1-3-18-17(19-4-2)21-11-13-5-7-14(8-6-13)16(24)22-10-9-20-15(23)12-22/h5-8H,3-4,9-12H2,1-2H3,(H,20,23)(H2,18,19,21). The van der Waals surface area contributed by atoms with Gasteiger partial charge in [-0.1, -0.05) is 12.1 Å². The summed E-state index contributed by atoms with van der Waals surface area (Å²) in [4.78, 5) is 29.8. The largest absolute Gasteiger partial charge is 0.357 e. The molecule has 1 aromatic carbocycles. The molecule has 1 aliphatic heterocycles. The number of nitrogens with zero attached hydrogens (tertiary/aromatic N) is 2. The summed E-state index contributed by atoms with van der Waals surface area (Å²) in [6.07, 6.45) is 0. The first kappa shape index (κ1) is 17.8. The van der Waals surface area contributed by atoms with Gasteiger partial charge in [0.2, 0.25) is 5.91 Å². The molecule has 0 unspecified atom stereocenters. The molecule has 0 saturated carbocycles. The van der Waals surface area contributed by atoms with E-state index in [0.717, 1.165) is 24.6 Å². The molecule has 3 N–H and O–H groups in total. The van der Waals surface area contributed by atoms with Crippen LogP contribution in [0.3, 0.4) is 0 Å². The number of hydrogen-bond acceptors (Lipinski definition) is 3. The highest BCUT2D eigenvalue weighted by Gasteiger charge is 2.21. The minimum Gasteiger partial charge on any atom is -0.357 e. The predicted molar refractivity (Wildman–Crippen MR) is 93.8 cm³/mol. The number of piperazine rings is 1.